The molecule has 0 radical (unpaired) electrons. The minimum Gasteiger partial charge on any atom is -0.508 e. The summed E-state index contributed by atoms with van der Waals surface area (Å²) in [6.45, 7) is 10.9. The van der Waals surface area contributed by atoms with E-state index in [0.29, 0.717) is 5.75 Å². The van der Waals surface area contributed by atoms with Gasteiger partial charge in [0.25, 0.3) is 0 Å². The Kier molecular flexibility index (Phi) is 4.19. The largest absolute Gasteiger partial charge is 0.508 e. The average molecular weight is 261 g/mol. The van der Waals surface area contributed by atoms with Crippen molar-refractivity contribution in [3.63, 3.8) is 0 Å². The highest BCUT2D eigenvalue weighted by Gasteiger charge is 2.21. The van der Waals surface area contributed by atoms with Crippen molar-refractivity contribution < 1.29 is 5.11 Å². The average Bonchev–Trinajstić information content (AvgIpc) is 2.32. The Morgan fingerprint density at radius 1 is 1.32 bits per heavy atom. The Morgan fingerprint density at radius 2 is 2.05 bits per heavy atom. The molecule has 2 N–H and O–H groups in total. The first-order valence-corrected chi connectivity index (χ1v) is 7.41. The second-order valence-electron chi connectivity index (χ2n) is 6.96. The molecule has 1 aromatic rings. The molecule has 2 nitrogen and oxygen atoms in total. The third-order valence-corrected chi connectivity index (χ3v) is 4.17. The smallest absolute Gasteiger partial charge is 0.119 e. The Bertz CT molecular complexity index is 439. The van der Waals surface area contributed by atoms with Crippen LogP contribution in [0.5, 0.6) is 5.75 Å². The van der Waals surface area contributed by atoms with Gasteiger partial charge in [-0.05, 0) is 73.4 Å². The zero-order valence-electron chi connectivity index (χ0n) is 12.7. The Hall–Kier alpha value is -1.02. The molecular weight excluding hydrogens is 234 g/mol. The fourth-order valence-corrected chi connectivity index (χ4v) is 2.97. The topological polar surface area (TPSA) is 32.3 Å². The molecule has 0 saturated carbocycles. The van der Waals surface area contributed by atoms with E-state index in [1.54, 1.807) is 0 Å². The Balaban J connectivity index is 2.24. The van der Waals surface area contributed by atoms with Crippen molar-refractivity contribution in [1.82, 2.24) is 5.32 Å². The van der Waals surface area contributed by atoms with Gasteiger partial charge in [0.05, 0.1) is 0 Å². The van der Waals surface area contributed by atoms with Gasteiger partial charge in [0.15, 0.2) is 0 Å². The zero-order valence-corrected chi connectivity index (χ0v) is 12.7. The van der Waals surface area contributed by atoms with Crippen molar-refractivity contribution in [1.29, 1.82) is 0 Å². The molecule has 0 bridgehead atoms. The molecule has 1 aromatic carbocycles. The first-order chi connectivity index (χ1) is 8.88. The fourth-order valence-electron chi connectivity index (χ4n) is 2.97. The van der Waals surface area contributed by atoms with Crippen molar-refractivity contribution in [2.75, 3.05) is 13.1 Å². The molecule has 2 rings (SSSR count). The van der Waals surface area contributed by atoms with Gasteiger partial charge in [-0.3, -0.25) is 0 Å². The van der Waals surface area contributed by atoms with Crippen molar-refractivity contribution in [3.8, 4) is 5.75 Å². The molecule has 1 unspecified atom stereocenters. The second-order valence-corrected chi connectivity index (χ2v) is 6.96. The molecule has 106 valence electrons. The predicted molar refractivity (Wildman–Crippen MR) is 80.8 cm³/mol. The van der Waals surface area contributed by atoms with Gasteiger partial charge in [0, 0.05) is 0 Å². The summed E-state index contributed by atoms with van der Waals surface area (Å²) in [6, 6.07) is 4.16. The van der Waals surface area contributed by atoms with Gasteiger partial charge in [-0.25, -0.2) is 0 Å². The second kappa shape index (κ2) is 5.54. The normalized spacial score (nSPS) is 20.5. The van der Waals surface area contributed by atoms with Crippen LogP contribution in [0.15, 0.2) is 12.1 Å². The molecule has 0 aromatic heterocycles. The van der Waals surface area contributed by atoms with E-state index in [1.165, 1.54) is 24.0 Å². The van der Waals surface area contributed by atoms with Crippen molar-refractivity contribution in [3.05, 3.63) is 28.8 Å². The molecule has 1 aliphatic rings. The van der Waals surface area contributed by atoms with E-state index in [0.717, 1.165) is 31.0 Å². The summed E-state index contributed by atoms with van der Waals surface area (Å²) in [7, 11) is 0. The van der Waals surface area contributed by atoms with Crippen LogP contribution < -0.4 is 5.32 Å². The van der Waals surface area contributed by atoms with Crippen LogP contribution in [0.2, 0.25) is 0 Å². The van der Waals surface area contributed by atoms with Gasteiger partial charge >= 0.3 is 0 Å². The van der Waals surface area contributed by atoms with Crippen LogP contribution in [0.25, 0.3) is 0 Å². The maximum atomic E-state index is 10.1. The highest BCUT2D eigenvalue weighted by molar-refractivity contribution is 5.45. The number of aryl methyl sites for hydroxylation is 1. The van der Waals surface area contributed by atoms with Crippen molar-refractivity contribution >= 4 is 0 Å². The van der Waals surface area contributed by atoms with E-state index in [4.69, 9.17) is 0 Å². The summed E-state index contributed by atoms with van der Waals surface area (Å²) < 4.78 is 0. The molecule has 1 fully saturated rings. The standard InChI is InChI=1S/C17H27NO/c1-12-8-16(19)15(17(2,3)4)10-14(12)9-13-6-5-7-18-11-13/h8,10,13,18-19H,5-7,9,11H2,1-4H3. The van der Waals surface area contributed by atoms with E-state index in [9.17, 15) is 5.11 Å². The van der Waals surface area contributed by atoms with Gasteiger partial charge in [-0.2, -0.15) is 0 Å². The van der Waals surface area contributed by atoms with Crippen LogP contribution in [-0.2, 0) is 11.8 Å². The number of phenolic OH excluding ortho intramolecular Hbond substituents is 1. The van der Waals surface area contributed by atoms with E-state index in [-0.39, 0.29) is 5.41 Å². The number of aromatic hydroxyl groups is 1. The molecular formula is C17H27NO. The molecule has 0 amide bonds. The summed E-state index contributed by atoms with van der Waals surface area (Å²) in [5.74, 6) is 1.18. The van der Waals surface area contributed by atoms with E-state index >= 15 is 0 Å². The summed E-state index contributed by atoms with van der Waals surface area (Å²) >= 11 is 0. The quantitative estimate of drug-likeness (QED) is 0.853. The van der Waals surface area contributed by atoms with Gasteiger partial charge < -0.3 is 10.4 Å². The molecule has 1 aliphatic heterocycles. The molecule has 2 heteroatoms. The Labute approximate surface area is 117 Å². The van der Waals surface area contributed by atoms with Crippen LogP contribution in [0, 0.1) is 12.8 Å². The third kappa shape index (κ3) is 3.50. The molecule has 1 heterocycles. The molecule has 19 heavy (non-hydrogen) atoms. The molecule has 1 saturated heterocycles. The number of hydrogen-bond donors (Lipinski definition) is 2. The van der Waals surface area contributed by atoms with Crippen LogP contribution >= 0.6 is 0 Å². The highest BCUT2D eigenvalue weighted by atomic mass is 16.3. The van der Waals surface area contributed by atoms with Crippen molar-refractivity contribution in [2.45, 2.75) is 52.4 Å². The van der Waals surface area contributed by atoms with E-state index < -0.39 is 0 Å². The number of rotatable bonds is 2. The number of piperidine rings is 1. The van der Waals surface area contributed by atoms with Gasteiger partial charge in [-0.1, -0.05) is 26.8 Å². The lowest BCUT2D eigenvalue weighted by Gasteiger charge is -2.26. The number of phenols is 1. The van der Waals surface area contributed by atoms with Gasteiger partial charge in [-0.15, -0.1) is 0 Å². The summed E-state index contributed by atoms with van der Waals surface area (Å²) in [5.41, 5.74) is 3.68. The first kappa shape index (κ1) is 14.4. The van der Waals surface area contributed by atoms with Crippen LogP contribution in [-0.4, -0.2) is 18.2 Å². The maximum absolute atomic E-state index is 10.1. The minimum absolute atomic E-state index is 0.00263. The lowest BCUT2D eigenvalue weighted by atomic mass is 9.82. The maximum Gasteiger partial charge on any atom is 0.119 e. The first-order valence-electron chi connectivity index (χ1n) is 7.41. The Morgan fingerprint density at radius 3 is 2.63 bits per heavy atom. The monoisotopic (exact) mass is 261 g/mol. The molecule has 1 atom stereocenters. The predicted octanol–water partition coefficient (Wildman–Crippen LogP) is 3.54. The lowest BCUT2D eigenvalue weighted by molar-refractivity contribution is 0.375. The van der Waals surface area contributed by atoms with Crippen LogP contribution in [0.1, 0.15) is 50.3 Å². The summed E-state index contributed by atoms with van der Waals surface area (Å²) in [5, 5.41) is 13.6. The van der Waals surface area contributed by atoms with Crippen LogP contribution in [0.4, 0.5) is 0 Å². The minimum atomic E-state index is -0.00263. The van der Waals surface area contributed by atoms with E-state index in [1.807, 2.05) is 6.07 Å². The van der Waals surface area contributed by atoms with Gasteiger partial charge in [0.1, 0.15) is 5.75 Å². The van der Waals surface area contributed by atoms with Gasteiger partial charge in [0.2, 0.25) is 0 Å². The van der Waals surface area contributed by atoms with Crippen molar-refractivity contribution in [2.24, 2.45) is 5.92 Å². The number of nitrogens with one attached hydrogen (secondary N) is 1. The zero-order chi connectivity index (χ0) is 14.0. The molecule has 0 spiro atoms. The highest BCUT2D eigenvalue weighted by Crippen LogP contribution is 2.34. The number of benzene rings is 1. The lowest BCUT2D eigenvalue weighted by Crippen LogP contribution is -2.31. The third-order valence-electron chi connectivity index (χ3n) is 4.17. The molecule has 0 aliphatic carbocycles. The SMILES string of the molecule is Cc1cc(O)c(C(C)(C)C)cc1CC1CCCNC1. The summed E-state index contributed by atoms with van der Waals surface area (Å²) in [6.07, 6.45) is 3.73. The number of hydrogen-bond acceptors (Lipinski definition) is 2. The van der Waals surface area contributed by atoms with E-state index in [2.05, 4.69) is 39.1 Å². The summed E-state index contributed by atoms with van der Waals surface area (Å²) in [4.78, 5) is 0. The van der Waals surface area contributed by atoms with Crippen LogP contribution in [0.3, 0.4) is 0 Å². The fraction of sp³-hybridized carbons (Fsp3) is 0.647.